The molecule has 1 aliphatic heterocycles. The van der Waals surface area contributed by atoms with Crippen LogP contribution in [0.3, 0.4) is 0 Å². The van der Waals surface area contributed by atoms with Gasteiger partial charge in [0.05, 0.1) is 5.30 Å². The Labute approximate surface area is 118 Å². The lowest BCUT2D eigenvalue weighted by atomic mass is 10.2. The first-order chi connectivity index (χ1) is 9.53. The Morgan fingerprint density at radius 3 is 2.10 bits per heavy atom. The highest BCUT2D eigenvalue weighted by atomic mass is 31.2. The van der Waals surface area contributed by atoms with Crippen LogP contribution in [0, 0.1) is 0 Å². The number of aliphatic imine (C=N–C) groups is 1. The molecule has 0 saturated carbocycles. The van der Waals surface area contributed by atoms with Crippen molar-refractivity contribution in [2.24, 2.45) is 4.99 Å². The minimum atomic E-state index is -3.05. The van der Waals surface area contributed by atoms with Crippen LogP contribution in [0.5, 0.6) is 0 Å². The molecular formula is C16H16NO2P. The quantitative estimate of drug-likeness (QED) is 0.787. The van der Waals surface area contributed by atoms with Gasteiger partial charge in [0.15, 0.2) is 0 Å². The number of rotatable bonds is 2. The van der Waals surface area contributed by atoms with Gasteiger partial charge in [0, 0.05) is 5.56 Å². The van der Waals surface area contributed by atoms with Crippen molar-refractivity contribution in [1.29, 1.82) is 0 Å². The van der Waals surface area contributed by atoms with Crippen LogP contribution in [-0.2, 0) is 9.09 Å². The molecule has 4 heteroatoms. The highest BCUT2D eigenvalue weighted by molar-refractivity contribution is 7.69. The second-order valence-corrected chi connectivity index (χ2v) is 8.15. The van der Waals surface area contributed by atoms with Gasteiger partial charge < -0.3 is 4.52 Å². The van der Waals surface area contributed by atoms with Crippen molar-refractivity contribution in [3.63, 3.8) is 0 Å². The van der Waals surface area contributed by atoms with Gasteiger partial charge in [-0.1, -0.05) is 36.4 Å². The molecule has 0 spiro atoms. The first kappa shape index (κ1) is 13.1. The fraction of sp³-hybridized carbons (Fsp3) is 0.188. The largest absolute Gasteiger partial charge is 0.420 e. The van der Waals surface area contributed by atoms with E-state index in [0.717, 1.165) is 5.56 Å². The maximum atomic E-state index is 13.3. The average molecular weight is 285 g/mol. The summed E-state index contributed by atoms with van der Waals surface area (Å²) >= 11 is 0. The molecule has 3 rings (SSSR count). The van der Waals surface area contributed by atoms with E-state index in [2.05, 4.69) is 4.99 Å². The maximum Gasteiger partial charge on any atom is 0.304 e. The molecule has 0 amide bonds. The van der Waals surface area contributed by atoms with Crippen LogP contribution in [0.4, 0.5) is 0 Å². The minimum absolute atomic E-state index is 0.461. The summed E-state index contributed by atoms with van der Waals surface area (Å²) in [6.07, 6.45) is 0. The third kappa shape index (κ3) is 1.99. The van der Waals surface area contributed by atoms with Crippen LogP contribution in [0.15, 0.2) is 65.7 Å². The van der Waals surface area contributed by atoms with Crippen molar-refractivity contribution in [3.05, 3.63) is 66.2 Å². The molecule has 0 radical (unpaired) electrons. The first-order valence-corrected chi connectivity index (χ1v) is 8.16. The maximum absolute atomic E-state index is 13.3. The number of benzene rings is 2. The van der Waals surface area contributed by atoms with Gasteiger partial charge >= 0.3 is 7.37 Å². The van der Waals surface area contributed by atoms with Crippen LogP contribution in [0.25, 0.3) is 0 Å². The van der Waals surface area contributed by atoms with E-state index in [4.69, 9.17) is 4.52 Å². The normalized spacial score (nSPS) is 24.0. The van der Waals surface area contributed by atoms with Gasteiger partial charge in [0.25, 0.3) is 0 Å². The third-order valence-electron chi connectivity index (χ3n) is 3.43. The van der Waals surface area contributed by atoms with Crippen molar-refractivity contribution >= 4 is 18.6 Å². The Morgan fingerprint density at radius 1 is 0.950 bits per heavy atom. The molecule has 20 heavy (non-hydrogen) atoms. The summed E-state index contributed by atoms with van der Waals surface area (Å²) in [4.78, 5) is 4.55. The first-order valence-electron chi connectivity index (χ1n) is 6.54. The Kier molecular flexibility index (Phi) is 3.02. The number of hydrogen-bond donors (Lipinski definition) is 0. The standard InChI is InChI=1S/C16H16NO2P/c1-16(2)17-15(13-9-5-3-6-10-13)19-20(16,18)14-11-7-4-8-12-14/h3-12H,1-2H3. The summed E-state index contributed by atoms with van der Waals surface area (Å²) in [6.45, 7) is 3.72. The summed E-state index contributed by atoms with van der Waals surface area (Å²) < 4.78 is 19.2. The van der Waals surface area contributed by atoms with Crippen LogP contribution in [0.2, 0.25) is 0 Å². The molecule has 0 saturated heterocycles. The van der Waals surface area contributed by atoms with E-state index in [-0.39, 0.29) is 0 Å². The fourth-order valence-corrected chi connectivity index (χ4v) is 4.40. The van der Waals surface area contributed by atoms with Gasteiger partial charge in [-0.05, 0) is 38.1 Å². The fourth-order valence-electron chi connectivity index (χ4n) is 2.26. The topological polar surface area (TPSA) is 38.7 Å². The van der Waals surface area contributed by atoms with Gasteiger partial charge in [0.1, 0.15) is 5.28 Å². The highest BCUT2D eigenvalue weighted by Gasteiger charge is 2.50. The van der Waals surface area contributed by atoms with E-state index in [1.807, 2.05) is 74.5 Å². The molecule has 1 unspecified atom stereocenters. The van der Waals surface area contributed by atoms with Crippen molar-refractivity contribution < 1.29 is 9.09 Å². The lowest BCUT2D eigenvalue weighted by Gasteiger charge is -2.23. The number of nitrogens with zero attached hydrogens (tertiary/aromatic N) is 1. The molecule has 0 N–H and O–H groups in total. The Balaban J connectivity index is 2.05. The Hall–Kier alpha value is -1.86. The molecule has 1 aliphatic rings. The minimum Gasteiger partial charge on any atom is -0.420 e. The van der Waals surface area contributed by atoms with Crippen LogP contribution in [-0.4, -0.2) is 11.2 Å². The van der Waals surface area contributed by atoms with Gasteiger partial charge in [-0.2, -0.15) is 0 Å². The van der Waals surface area contributed by atoms with Crippen LogP contribution in [0.1, 0.15) is 19.4 Å². The van der Waals surface area contributed by atoms with Gasteiger partial charge in [-0.25, -0.2) is 4.99 Å². The summed E-state index contributed by atoms with van der Waals surface area (Å²) in [7, 11) is -3.05. The van der Waals surface area contributed by atoms with E-state index >= 15 is 0 Å². The average Bonchev–Trinajstić information content (AvgIpc) is 2.72. The number of hydrogen-bond acceptors (Lipinski definition) is 3. The van der Waals surface area contributed by atoms with Crippen molar-refractivity contribution in [3.8, 4) is 0 Å². The van der Waals surface area contributed by atoms with Crippen molar-refractivity contribution in [1.82, 2.24) is 0 Å². The molecule has 1 atom stereocenters. The van der Waals surface area contributed by atoms with Gasteiger partial charge in [-0.3, -0.25) is 4.57 Å². The van der Waals surface area contributed by atoms with Crippen LogP contribution >= 0.6 is 7.37 Å². The second kappa shape index (κ2) is 4.60. The SMILES string of the molecule is CC1(C)N=C(c2ccccc2)OP1(=O)c1ccccc1. The third-order valence-corrected chi connectivity index (χ3v) is 6.38. The van der Waals surface area contributed by atoms with E-state index in [1.165, 1.54) is 0 Å². The lowest BCUT2D eigenvalue weighted by molar-refractivity contribution is 0.482. The molecule has 0 aromatic heterocycles. The zero-order valence-electron chi connectivity index (χ0n) is 11.5. The molecule has 2 aromatic rings. The Morgan fingerprint density at radius 2 is 1.50 bits per heavy atom. The van der Waals surface area contributed by atoms with E-state index in [9.17, 15) is 4.57 Å². The molecule has 1 heterocycles. The zero-order valence-corrected chi connectivity index (χ0v) is 12.4. The molecular weight excluding hydrogens is 269 g/mol. The summed E-state index contributed by atoms with van der Waals surface area (Å²) in [5, 5.41) is -0.0424. The van der Waals surface area contributed by atoms with Crippen molar-refractivity contribution in [2.45, 2.75) is 19.1 Å². The van der Waals surface area contributed by atoms with Gasteiger partial charge in [-0.15, -0.1) is 0 Å². The molecule has 0 aliphatic carbocycles. The summed E-state index contributed by atoms with van der Waals surface area (Å²) in [6, 6.07) is 18.9. The van der Waals surface area contributed by atoms with Gasteiger partial charge in [0.2, 0.25) is 5.90 Å². The van der Waals surface area contributed by atoms with Crippen LogP contribution < -0.4 is 5.30 Å². The molecule has 102 valence electrons. The predicted octanol–water partition coefficient (Wildman–Crippen LogP) is 3.80. The summed E-state index contributed by atoms with van der Waals surface area (Å²) in [5.74, 6) is 0.461. The molecule has 3 nitrogen and oxygen atoms in total. The zero-order chi connectivity index (χ0) is 14.2. The van der Waals surface area contributed by atoms with E-state index in [0.29, 0.717) is 11.2 Å². The molecule has 0 fully saturated rings. The lowest BCUT2D eigenvalue weighted by Crippen LogP contribution is -2.21. The van der Waals surface area contributed by atoms with E-state index < -0.39 is 12.6 Å². The smallest absolute Gasteiger partial charge is 0.304 e. The molecule has 2 aromatic carbocycles. The highest BCUT2D eigenvalue weighted by Crippen LogP contribution is 2.62. The summed E-state index contributed by atoms with van der Waals surface area (Å²) in [5.41, 5.74) is 0.856. The molecule has 0 bridgehead atoms. The van der Waals surface area contributed by atoms with Crippen molar-refractivity contribution in [2.75, 3.05) is 0 Å². The van der Waals surface area contributed by atoms with E-state index in [1.54, 1.807) is 0 Å². The predicted molar refractivity (Wildman–Crippen MR) is 81.8 cm³/mol. The monoisotopic (exact) mass is 285 g/mol. The second-order valence-electron chi connectivity index (χ2n) is 5.26. The Bertz CT molecular complexity index is 693.